The van der Waals surface area contributed by atoms with Gasteiger partial charge in [-0.15, -0.1) is 0 Å². The summed E-state index contributed by atoms with van der Waals surface area (Å²) in [5, 5.41) is 76.4. The Morgan fingerprint density at radius 1 is 1.00 bits per heavy atom. The van der Waals surface area contributed by atoms with E-state index in [1.54, 1.807) is 13.8 Å². The second kappa shape index (κ2) is 13.1. The lowest BCUT2D eigenvalue weighted by Crippen LogP contribution is -2.66. The van der Waals surface area contributed by atoms with Crippen molar-refractivity contribution < 1.29 is 64.3 Å². The van der Waals surface area contributed by atoms with Crippen LogP contribution in [0.3, 0.4) is 0 Å². The Morgan fingerprint density at radius 2 is 1.63 bits per heavy atom. The van der Waals surface area contributed by atoms with Gasteiger partial charge in [-0.05, 0) is 74.9 Å². The quantitative estimate of drug-likeness (QED) is 0.106. The standard InChI is InChI=1S/C38H58O13/c1-18(40)51-33(2,3)13-12-25(42)38(9,48)30-21(41)15-35(6)24-11-10-19-20(37(24,8)26(43)16-36(30,35)7)14-22(31(47)34(19,4)5)49-32-29(46)28(45)27(44)23(17-39)50-32/h10,12-13,20-24,27-32,39,41,44-48H,11,14-17H2,1-9H3/b13-12+/t20-,21-,22+,23-,24+,27-,28+,29-,30+,31-,32-,35+,36-,37+,38+/m1/s1. The first-order chi connectivity index (χ1) is 23.3. The van der Waals surface area contributed by atoms with Gasteiger partial charge in [-0.3, -0.25) is 14.4 Å². The monoisotopic (exact) mass is 722 g/mol. The Morgan fingerprint density at radius 3 is 2.22 bits per heavy atom. The molecule has 288 valence electrons. The molecule has 13 heteroatoms. The van der Waals surface area contributed by atoms with Gasteiger partial charge in [-0.25, -0.2) is 0 Å². The summed E-state index contributed by atoms with van der Waals surface area (Å²) < 4.78 is 17.0. The molecule has 0 aromatic heterocycles. The van der Waals surface area contributed by atoms with Crippen LogP contribution >= 0.6 is 0 Å². The second-order valence-corrected chi connectivity index (χ2v) is 17.8. The van der Waals surface area contributed by atoms with Gasteiger partial charge in [0.15, 0.2) is 12.1 Å². The van der Waals surface area contributed by atoms with Gasteiger partial charge in [-0.2, -0.15) is 0 Å². The van der Waals surface area contributed by atoms with Crippen molar-refractivity contribution in [2.75, 3.05) is 6.61 Å². The van der Waals surface area contributed by atoms with Gasteiger partial charge in [0.05, 0.1) is 24.9 Å². The number of aliphatic hydroxyl groups is 7. The van der Waals surface area contributed by atoms with Crippen molar-refractivity contribution >= 4 is 17.5 Å². The molecule has 5 rings (SSSR count). The molecule has 0 spiro atoms. The summed E-state index contributed by atoms with van der Waals surface area (Å²) in [6.07, 6.45) is -5.36. The van der Waals surface area contributed by atoms with E-state index < -0.39 is 112 Å². The summed E-state index contributed by atoms with van der Waals surface area (Å²) in [6.45, 7) is 14.7. The van der Waals surface area contributed by atoms with E-state index in [1.165, 1.54) is 26.0 Å². The number of hydrogen-bond acceptors (Lipinski definition) is 13. The van der Waals surface area contributed by atoms with Gasteiger partial charge in [-0.1, -0.05) is 46.3 Å². The lowest BCUT2D eigenvalue weighted by Gasteiger charge is -2.65. The number of rotatable bonds is 8. The first-order valence-corrected chi connectivity index (χ1v) is 18.0. The molecule has 0 unspecified atom stereocenters. The van der Waals surface area contributed by atoms with Crippen molar-refractivity contribution in [3.8, 4) is 0 Å². The van der Waals surface area contributed by atoms with Crippen molar-refractivity contribution in [1.29, 1.82) is 0 Å². The Hall–Kier alpha value is -2.07. The first-order valence-electron chi connectivity index (χ1n) is 18.0. The highest BCUT2D eigenvalue weighted by Gasteiger charge is 2.74. The van der Waals surface area contributed by atoms with Gasteiger partial charge in [0.1, 0.15) is 41.4 Å². The van der Waals surface area contributed by atoms with E-state index in [2.05, 4.69) is 6.08 Å². The van der Waals surface area contributed by atoms with Crippen LogP contribution in [-0.4, -0.2) is 120 Å². The van der Waals surface area contributed by atoms with Crippen LogP contribution in [0.25, 0.3) is 0 Å². The normalized spacial score (nSPS) is 46.4. The number of allylic oxidation sites excluding steroid dienone is 1. The summed E-state index contributed by atoms with van der Waals surface area (Å²) in [7, 11) is 0. The molecule has 0 aromatic rings. The topological polar surface area (TPSA) is 221 Å². The maximum atomic E-state index is 14.8. The minimum atomic E-state index is -2.07. The molecule has 1 heterocycles. The van der Waals surface area contributed by atoms with E-state index in [4.69, 9.17) is 14.2 Å². The zero-order valence-electron chi connectivity index (χ0n) is 31.2. The van der Waals surface area contributed by atoms with Crippen molar-refractivity contribution in [2.24, 2.45) is 39.4 Å². The number of ether oxygens (including phenoxy) is 3. The van der Waals surface area contributed by atoms with Gasteiger partial charge < -0.3 is 50.0 Å². The van der Waals surface area contributed by atoms with E-state index >= 15 is 0 Å². The van der Waals surface area contributed by atoms with Crippen molar-refractivity contribution in [3.63, 3.8) is 0 Å². The smallest absolute Gasteiger partial charge is 0.303 e. The number of Topliss-reactive ketones (excluding diaryl/α,β-unsaturated/α-hetero) is 1. The molecule has 1 saturated heterocycles. The van der Waals surface area contributed by atoms with Crippen LogP contribution in [0.5, 0.6) is 0 Å². The van der Waals surface area contributed by atoms with Crippen molar-refractivity contribution in [1.82, 2.24) is 0 Å². The minimum absolute atomic E-state index is 0.0324. The first kappa shape index (κ1) is 40.1. The van der Waals surface area contributed by atoms with E-state index in [0.717, 1.165) is 5.57 Å². The maximum absolute atomic E-state index is 14.8. The molecule has 5 aliphatic rings. The highest BCUT2D eigenvalue weighted by Crippen LogP contribution is 2.74. The molecule has 51 heavy (non-hydrogen) atoms. The van der Waals surface area contributed by atoms with Gasteiger partial charge in [0, 0.05) is 30.1 Å². The number of carbonyl (C=O) groups is 3. The zero-order chi connectivity index (χ0) is 38.4. The summed E-state index contributed by atoms with van der Waals surface area (Å²) in [6, 6.07) is 0. The van der Waals surface area contributed by atoms with Crippen LogP contribution in [0, 0.1) is 39.4 Å². The zero-order valence-corrected chi connectivity index (χ0v) is 31.2. The Balaban J connectivity index is 1.48. The van der Waals surface area contributed by atoms with Crippen LogP contribution in [0.4, 0.5) is 0 Å². The Kier molecular flexibility index (Phi) is 10.3. The molecule has 0 bridgehead atoms. The van der Waals surface area contributed by atoms with Crippen molar-refractivity contribution in [3.05, 3.63) is 23.8 Å². The predicted octanol–water partition coefficient (Wildman–Crippen LogP) is 1.12. The number of aliphatic hydroxyl groups excluding tert-OH is 6. The molecule has 3 saturated carbocycles. The molecule has 7 N–H and O–H groups in total. The third-order valence-corrected chi connectivity index (χ3v) is 13.9. The molecule has 13 nitrogen and oxygen atoms in total. The highest BCUT2D eigenvalue weighted by molar-refractivity contribution is 5.97. The lowest BCUT2D eigenvalue weighted by molar-refractivity contribution is -0.323. The fraction of sp³-hybridized carbons (Fsp3) is 0.816. The van der Waals surface area contributed by atoms with E-state index in [1.807, 2.05) is 34.6 Å². The molecule has 4 fully saturated rings. The predicted molar refractivity (Wildman–Crippen MR) is 181 cm³/mol. The minimum Gasteiger partial charge on any atom is -0.456 e. The highest BCUT2D eigenvalue weighted by atomic mass is 16.7. The van der Waals surface area contributed by atoms with Crippen LogP contribution in [0.1, 0.15) is 88.0 Å². The lowest BCUT2D eigenvalue weighted by atomic mass is 9.38. The van der Waals surface area contributed by atoms with Crippen LogP contribution in [0.2, 0.25) is 0 Å². The summed E-state index contributed by atoms with van der Waals surface area (Å²) >= 11 is 0. The van der Waals surface area contributed by atoms with E-state index in [0.29, 0.717) is 6.42 Å². The summed E-state index contributed by atoms with van der Waals surface area (Å²) in [5.74, 6) is -3.10. The number of ketones is 2. The van der Waals surface area contributed by atoms with Crippen LogP contribution in [0.15, 0.2) is 23.8 Å². The SMILES string of the molecule is CC(=O)OC(C)(C)/C=C/C(=O)[C@](C)(O)[C@H]1[C@H](O)C[C@@]2(C)[C@@H]3CC=C4[C@@H](C[C@H](O[C@@H]5O[C@H](CO)[C@@H](O)[C@H](O)[C@H]5O)[C@@H](O)C4(C)C)[C@]3(C)C(=O)C[C@]12C. The summed E-state index contributed by atoms with van der Waals surface area (Å²) in [4.78, 5) is 40.0. The third kappa shape index (κ3) is 6.08. The van der Waals surface area contributed by atoms with Gasteiger partial charge >= 0.3 is 5.97 Å². The Labute approximate surface area is 299 Å². The number of carbonyl (C=O) groups excluding carboxylic acids is 3. The largest absolute Gasteiger partial charge is 0.456 e. The van der Waals surface area contributed by atoms with Crippen LogP contribution in [-0.2, 0) is 28.6 Å². The van der Waals surface area contributed by atoms with Gasteiger partial charge in [0.2, 0.25) is 0 Å². The van der Waals surface area contributed by atoms with E-state index in [9.17, 15) is 50.1 Å². The van der Waals surface area contributed by atoms with Gasteiger partial charge in [0.25, 0.3) is 0 Å². The number of esters is 1. The average Bonchev–Trinajstić information content (AvgIpc) is 3.22. The second-order valence-electron chi connectivity index (χ2n) is 17.8. The van der Waals surface area contributed by atoms with Crippen LogP contribution < -0.4 is 0 Å². The number of hydrogen-bond donors (Lipinski definition) is 7. The Bertz CT molecular complexity index is 1460. The number of fused-ring (bicyclic) bond motifs is 5. The molecule has 0 radical (unpaired) electrons. The molecular weight excluding hydrogens is 664 g/mol. The van der Waals surface area contributed by atoms with E-state index in [-0.39, 0.29) is 31.0 Å². The van der Waals surface area contributed by atoms with Crippen molar-refractivity contribution in [2.45, 2.75) is 148 Å². The molecule has 0 amide bonds. The molecule has 0 aromatic carbocycles. The average molecular weight is 723 g/mol. The fourth-order valence-electron chi connectivity index (χ4n) is 11.0. The fourth-order valence-corrected chi connectivity index (χ4v) is 11.0. The molecule has 1 aliphatic heterocycles. The maximum Gasteiger partial charge on any atom is 0.303 e. The molecule has 4 aliphatic carbocycles. The molecule has 15 atom stereocenters. The molecular formula is C38H58O13. The summed E-state index contributed by atoms with van der Waals surface area (Å²) in [5.41, 5.74) is -5.94. The third-order valence-electron chi connectivity index (χ3n) is 13.9.